The van der Waals surface area contributed by atoms with Crippen LogP contribution < -0.4 is 10.6 Å². The van der Waals surface area contributed by atoms with Crippen LogP contribution >= 0.6 is 0 Å². The van der Waals surface area contributed by atoms with Crippen LogP contribution in [0.5, 0.6) is 0 Å². The zero-order valence-electron chi connectivity index (χ0n) is 8.21. The van der Waals surface area contributed by atoms with Gasteiger partial charge in [0, 0.05) is 12.1 Å². The van der Waals surface area contributed by atoms with Gasteiger partial charge < -0.3 is 10.6 Å². The summed E-state index contributed by atoms with van der Waals surface area (Å²) in [5.74, 6) is -0.918. The van der Waals surface area contributed by atoms with E-state index >= 15 is 0 Å². The molecule has 2 bridgehead atoms. The average Bonchev–Trinajstić information content (AvgIpc) is 2.24. The number of carbonyl (C=O) groups is 2. The number of fused-ring (bicyclic) bond motifs is 2. The Morgan fingerprint density at radius 2 is 1.36 bits per heavy atom. The van der Waals surface area contributed by atoms with Crippen molar-refractivity contribution >= 4 is 11.8 Å². The minimum absolute atomic E-state index is 0.201. The Kier molecular flexibility index (Phi) is 2.70. The maximum absolute atomic E-state index is 11.3. The van der Waals surface area contributed by atoms with Gasteiger partial charge in [0.2, 0.25) is 0 Å². The third-order valence-corrected chi connectivity index (χ3v) is 3.05. The molecule has 14 heavy (non-hydrogen) atoms. The summed E-state index contributed by atoms with van der Waals surface area (Å²) in [5, 5.41) is 5.55. The molecule has 0 aromatic carbocycles. The van der Waals surface area contributed by atoms with E-state index in [0.29, 0.717) is 0 Å². The lowest BCUT2D eigenvalue weighted by Crippen LogP contribution is -2.40. The fraction of sp³-hybridized carbons (Fsp3) is 0.800. The Bertz CT molecular complexity index is 229. The Balaban J connectivity index is 2.09. The third-order valence-electron chi connectivity index (χ3n) is 3.05. The van der Waals surface area contributed by atoms with Crippen LogP contribution in [0.3, 0.4) is 0 Å². The molecule has 1 saturated carbocycles. The number of hydrogen-bond acceptors (Lipinski definition) is 2. The van der Waals surface area contributed by atoms with Gasteiger partial charge in [-0.1, -0.05) is 19.3 Å². The molecule has 2 fully saturated rings. The molecule has 0 aromatic heterocycles. The molecule has 2 amide bonds. The van der Waals surface area contributed by atoms with Crippen molar-refractivity contribution in [1.82, 2.24) is 10.6 Å². The van der Waals surface area contributed by atoms with Crippen LogP contribution in [0, 0.1) is 0 Å². The van der Waals surface area contributed by atoms with Crippen molar-refractivity contribution in [3.63, 3.8) is 0 Å². The van der Waals surface area contributed by atoms with Crippen molar-refractivity contribution in [1.29, 1.82) is 0 Å². The van der Waals surface area contributed by atoms with E-state index in [1.165, 1.54) is 6.42 Å². The van der Waals surface area contributed by atoms with Crippen LogP contribution in [0.4, 0.5) is 0 Å². The molecule has 78 valence electrons. The Hall–Kier alpha value is -1.06. The second-order valence-electron chi connectivity index (χ2n) is 4.21. The summed E-state index contributed by atoms with van der Waals surface area (Å²) < 4.78 is 0. The van der Waals surface area contributed by atoms with Crippen LogP contribution in [0.15, 0.2) is 0 Å². The van der Waals surface area contributed by atoms with E-state index in [4.69, 9.17) is 0 Å². The molecule has 1 saturated heterocycles. The maximum atomic E-state index is 11.3. The Morgan fingerprint density at radius 1 is 0.857 bits per heavy atom. The van der Waals surface area contributed by atoms with Gasteiger partial charge in [0.15, 0.2) is 0 Å². The second kappa shape index (κ2) is 3.98. The van der Waals surface area contributed by atoms with E-state index in [1.807, 2.05) is 0 Å². The van der Waals surface area contributed by atoms with Crippen LogP contribution in [0.2, 0.25) is 0 Å². The fourth-order valence-corrected chi connectivity index (χ4v) is 2.30. The van der Waals surface area contributed by atoms with Crippen molar-refractivity contribution in [3.05, 3.63) is 0 Å². The highest BCUT2D eigenvalue weighted by Crippen LogP contribution is 2.19. The lowest BCUT2D eigenvalue weighted by atomic mass is 9.93. The van der Waals surface area contributed by atoms with Gasteiger partial charge in [-0.2, -0.15) is 0 Å². The maximum Gasteiger partial charge on any atom is 0.309 e. The molecule has 2 aliphatic rings. The standard InChI is InChI=1S/C10H16N2O2/c13-9-10(14)12-8-5-3-1-2-4-7(6-8)11-9/h7-8H,1-6H2,(H,11,13)(H,12,14). The molecule has 1 heterocycles. The highest BCUT2D eigenvalue weighted by Gasteiger charge is 2.28. The summed E-state index contributed by atoms with van der Waals surface area (Å²) >= 11 is 0. The number of hydrogen-bond donors (Lipinski definition) is 2. The Morgan fingerprint density at radius 3 is 1.86 bits per heavy atom. The monoisotopic (exact) mass is 196 g/mol. The van der Waals surface area contributed by atoms with E-state index in [1.54, 1.807) is 0 Å². The smallest absolute Gasteiger partial charge is 0.309 e. The van der Waals surface area contributed by atoms with E-state index < -0.39 is 11.8 Å². The number of rotatable bonds is 0. The first-order valence-electron chi connectivity index (χ1n) is 5.37. The van der Waals surface area contributed by atoms with Gasteiger partial charge >= 0.3 is 11.8 Å². The summed E-state index contributed by atoms with van der Waals surface area (Å²) in [6, 6.07) is 0.401. The first-order chi connectivity index (χ1) is 6.75. The first-order valence-corrected chi connectivity index (χ1v) is 5.37. The van der Waals surface area contributed by atoms with Crippen LogP contribution in [0.1, 0.15) is 38.5 Å². The van der Waals surface area contributed by atoms with Crippen molar-refractivity contribution in [2.45, 2.75) is 50.6 Å². The fourth-order valence-electron chi connectivity index (χ4n) is 2.30. The SMILES string of the molecule is O=C1NC2CCCCCC(C2)NC1=O. The van der Waals surface area contributed by atoms with Gasteiger partial charge in [-0.25, -0.2) is 0 Å². The van der Waals surface area contributed by atoms with Crippen LogP contribution in [-0.4, -0.2) is 23.9 Å². The summed E-state index contributed by atoms with van der Waals surface area (Å²) in [7, 11) is 0. The molecule has 0 aromatic rings. The molecule has 1 aliphatic carbocycles. The van der Waals surface area contributed by atoms with Gasteiger partial charge in [-0.15, -0.1) is 0 Å². The minimum atomic E-state index is -0.459. The molecule has 0 radical (unpaired) electrons. The molecule has 1 aliphatic heterocycles. The van der Waals surface area contributed by atoms with Crippen molar-refractivity contribution < 1.29 is 9.59 Å². The molecule has 2 N–H and O–H groups in total. The zero-order valence-corrected chi connectivity index (χ0v) is 8.21. The van der Waals surface area contributed by atoms with E-state index in [0.717, 1.165) is 32.1 Å². The molecular formula is C10H16N2O2. The molecule has 4 nitrogen and oxygen atoms in total. The van der Waals surface area contributed by atoms with Crippen molar-refractivity contribution in [3.8, 4) is 0 Å². The summed E-state index contributed by atoms with van der Waals surface area (Å²) in [5.41, 5.74) is 0. The normalized spacial score (nSPS) is 33.4. The molecule has 2 atom stereocenters. The topological polar surface area (TPSA) is 58.2 Å². The zero-order chi connectivity index (χ0) is 9.97. The number of nitrogens with one attached hydrogen (secondary N) is 2. The molecule has 0 spiro atoms. The van der Waals surface area contributed by atoms with E-state index in [2.05, 4.69) is 10.6 Å². The average molecular weight is 196 g/mol. The van der Waals surface area contributed by atoms with E-state index in [-0.39, 0.29) is 12.1 Å². The summed E-state index contributed by atoms with van der Waals surface area (Å²) in [4.78, 5) is 22.5. The van der Waals surface area contributed by atoms with Gasteiger partial charge in [0.1, 0.15) is 0 Å². The molecule has 2 rings (SSSR count). The minimum Gasteiger partial charge on any atom is -0.345 e. The molecular weight excluding hydrogens is 180 g/mol. The van der Waals surface area contributed by atoms with Crippen molar-refractivity contribution in [2.75, 3.05) is 0 Å². The predicted molar refractivity (Wildman–Crippen MR) is 51.6 cm³/mol. The third kappa shape index (κ3) is 2.05. The molecule has 2 unspecified atom stereocenters. The highest BCUT2D eigenvalue weighted by molar-refractivity contribution is 6.35. The van der Waals surface area contributed by atoms with E-state index in [9.17, 15) is 9.59 Å². The first kappa shape index (κ1) is 9.49. The van der Waals surface area contributed by atoms with Crippen LogP contribution in [-0.2, 0) is 9.59 Å². The highest BCUT2D eigenvalue weighted by atomic mass is 16.2. The summed E-state index contributed by atoms with van der Waals surface area (Å²) in [6.45, 7) is 0. The van der Waals surface area contributed by atoms with Gasteiger partial charge in [-0.3, -0.25) is 9.59 Å². The lowest BCUT2D eigenvalue weighted by molar-refractivity contribution is -0.139. The summed E-state index contributed by atoms with van der Waals surface area (Å²) in [6.07, 6.45) is 6.45. The largest absolute Gasteiger partial charge is 0.345 e. The van der Waals surface area contributed by atoms with Crippen molar-refractivity contribution in [2.24, 2.45) is 0 Å². The second-order valence-corrected chi connectivity index (χ2v) is 4.21. The predicted octanol–water partition coefficient (Wildman–Crippen LogP) is 0.324. The lowest BCUT2D eigenvalue weighted by Gasteiger charge is -2.22. The van der Waals surface area contributed by atoms with Gasteiger partial charge in [-0.05, 0) is 19.3 Å². The quantitative estimate of drug-likeness (QED) is 0.548. The number of amides is 2. The number of carbonyl (C=O) groups excluding carboxylic acids is 2. The molecule has 4 heteroatoms. The van der Waals surface area contributed by atoms with Crippen LogP contribution in [0.25, 0.3) is 0 Å². The van der Waals surface area contributed by atoms with Gasteiger partial charge in [0.05, 0.1) is 0 Å². The Labute approximate surface area is 83.4 Å². The van der Waals surface area contributed by atoms with Gasteiger partial charge in [0.25, 0.3) is 0 Å².